The summed E-state index contributed by atoms with van der Waals surface area (Å²) in [6.07, 6.45) is 1.61. The van der Waals surface area contributed by atoms with Gasteiger partial charge in [0, 0.05) is 11.1 Å². The first-order chi connectivity index (χ1) is 15.1. The lowest BCUT2D eigenvalue weighted by atomic mass is 10.1. The summed E-state index contributed by atoms with van der Waals surface area (Å²) in [5.74, 6) is 0.377. The first kappa shape index (κ1) is 20.1. The van der Waals surface area contributed by atoms with Gasteiger partial charge in [-0.3, -0.25) is 9.89 Å². The van der Waals surface area contributed by atoms with Crippen molar-refractivity contribution in [3.05, 3.63) is 83.3 Å². The van der Waals surface area contributed by atoms with E-state index in [-0.39, 0.29) is 5.91 Å². The highest BCUT2D eigenvalue weighted by Gasteiger charge is 2.13. The van der Waals surface area contributed by atoms with Crippen LogP contribution in [-0.4, -0.2) is 39.2 Å². The Morgan fingerprint density at radius 2 is 1.87 bits per heavy atom. The number of nitrogens with one attached hydrogen (secondary N) is 2. The van der Waals surface area contributed by atoms with Crippen molar-refractivity contribution in [1.29, 1.82) is 0 Å². The molecule has 2 heterocycles. The number of H-pyrrole nitrogens is 1. The number of aromatic nitrogens is 4. The molecule has 4 rings (SSSR count). The molecular weight excluding hydrogens is 392 g/mol. The van der Waals surface area contributed by atoms with E-state index in [1.165, 1.54) is 0 Å². The molecular formula is C23H22N6O2. The lowest BCUT2D eigenvalue weighted by molar-refractivity contribution is 0.0950. The van der Waals surface area contributed by atoms with Gasteiger partial charge in [0.05, 0.1) is 36.1 Å². The van der Waals surface area contributed by atoms with Crippen LogP contribution in [0.25, 0.3) is 16.9 Å². The number of carbonyl (C=O) groups excluding carboxylic acids is 1. The van der Waals surface area contributed by atoms with Crippen molar-refractivity contribution in [2.24, 2.45) is 5.10 Å². The van der Waals surface area contributed by atoms with Gasteiger partial charge in [-0.1, -0.05) is 18.2 Å². The smallest absolute Gasteiger partial charge is 0.289 e. The molecule has 0 unspecified atom stereocenters. The van der Waals surface area contributed by atoms with E-state index in [9.17, 15) is 4.79 Å². The third kappa shape index (κ3) is 4.23. The third-order valence-corrected chi connectivity index (χ3v) is 4.92. The number of benzene rings is 2. The average molecular weight is 414 g/mol. The second-order valence-corrected chi connectivity index (χ2v) is 6.93. The number of ether oxygens (including phenoxy) is 1. The summed E-state index contributed by atoms with van der Waals surface area (Å²) in [6, 6.07) is 19.0. The van der Waals surface area contributed by atoms with Gasteiger partial charge in [0.2, 0.25) is 0 Å². The van der Waals surface area contributed by atoms with Crippen molar-refractivity contribution in [2.75, 3.05) is 7.11 Å². The molecule has 0 radical (unpaired) electrons. The van der Waals surface area contributed by atoms with Crippen molar-refractivity contribution < 1.29 is 9.53 Å². The minimum Gasteiger partial charge on any atom is -0.497 e. The molecule has 2 aromatic heterocycles. The summed E-state index contributed by atoms with van der Waals surface area (Å²) in [5, 5.41) is 15.6. The van der Waals surface area contributed by atoms with Gasteiger partial charge in [0.25, 0.3) is 5.91 Å². The zero-order valence-corrected chi connectivity index (χ0v) is 17.5. The highest BCUT2D eigenvalue weighted by atomic mass is 16.5. The number of carbonyl (C=O) groups is 1. The molecule has 4 aromatic rings. The summed E-state index contributed by atoms with van der Waals surface area (Å²) < 4.78 is 7.01. The van der Waals surface area contributed by atoms with Crippen LogP contribution in [0.4, 0.5) is 0 Å². The maximum Gasteiger partial charge on any atom is 0.289 e. The van der Waals surface area contributed by atoms with Crippen LogP contribution < -0.4 is 10.2 Å². The van der Waals surface area contributed by atoms with Crippen LogP contribution in [0.5, 0.6) is 5.75 Å². The molecule has 0 fully saturated rings. The minimum atomic E-state index is -0.380. The fourth-order valence-electron chi connectivity index (χ4n) is 3.23. The lowest BCUT2D eigenvalue weighted by Gasteiger charge is -2.03. The average Bonchev–Trinajstić information content (AvgIpc) is 3.40. The SMILES string of the molecule is COc1ccc(-c2cc(C(=O)N/N=C/c3c(C)nn(-c4ccccc4)c3C)[nH]n2)cc1. The van der Waals surface area contributed by atoms with Gasteiger partial charge >= 0.3 is 0 Å². The van der Waals surface area contributed by atoms with Crippen LogP contribution in [0.3, 0.4) is 0 Å². The molecule has 0 saturated carbocycles. The van der Waals surface area contributed by atoms with E-state index in [0.29, 0.717) is 11.4 Å². The molecule has 0 atom stereocenters. The Morgan fingerprint density at radius 3 is 2.58 bits per heavy atom. The molecule has 2 N–H and O–H groups in total. The Hall–Kier alpha value is -4.20. The normalized spacial score (nSPS) is 11.1. The second-order valence-electron chi connectivity index (χ2n) is 6.93. The number of aromatic amines is 1. The number of aryl methyl sites for hydroxylation is 1. The predicted molar refractivity (Wildman–Crippen MR) is 119 cm³/mol. The zero-order chi connectivity index (χ0) is 21.8. The Kier molecular flexibility index (Phi) is 5.61. The van der Waals surface area contributed by atoms with E-state index in [2.05, 4.69) is 25.8 Å². The first-order valence-electron chi connectivity index (χ1n) is 9.71. The van der Waals surface area contributed by atoms with E-state index in [0.717, 1.165) is 34.0 Å². The predicted octanol–water partition coefficient (Wildman–Crippen LogP) is 3.65. The zero-order valence-electron chi connectivity index (χ0n) is 17.5. The minimum absolute atomic E-state index is 0.316. The van der Waals surface area contributed by atoms with Gasteiger partial charge in [-0.15, -0.1) is 0 Å². The fourth-order valence-corrected chi connectivity index (χ4v) is 3.23. The van der Waals surface area contributed by atoms with Crippen LogP contribution in [0.2, 0.25) is 0 Å². The van der Waals surface area contributed by atoms with Gasteiger partial charge in [-0.25, -0.2) is 10.1 Å². The summed E-state index contributed by atoms with van der Waals surface area (Å²) >= 11 is 0. The Bertz CT molecular complexity index is 1220. The van der Waals surface area contributed by atoms with E-state index < -0.39 is 0 Å². The van der Waals surface area contributed by atoms with Crippen LogP contribution in [0.15, 0.2) is 65.8 Å². The third-order valence-electron chi connectivity index (χ3n) is 4.92. The second kappa shape index (κ2) is 8.66. The number of para-hydroxylation sites is 1. The standard InChI is InChI=1S/C23H22N6O2/c1-15-20(16(2)29(28-15)18-7-5-4-6-8-18)14-24-27-23(30)22-13-21(25-26-22)17-9-11-19(31-3)12-10-17/h4-14H,1-3H3,(H,25,26)(H,27,30)/b24-14+. The van der Waals surface area contributed by atoms with Crippen molar-refractivity contribution in [3.63, 3.8) is 0 Å². The van der Waals surface area contributed by atoms with E-state index in [1.54, 1.807) is 19.4 Å². The van der Waals surface area contributed by atoms with Crippen molar-refractivity contribution in [1.82, 2.24) is 25.4 Å². The van der Waals surface area contributed by atoms with E-state index in [4.69, 9.17) is 4.74 Å². The lowest BCUT2D eigenvalue weighted by Crippen LogP contribution is -2.18. The van der Waals surface area contributed by atoms with E-state index in [1.807, 2.05) is 73.1 Å². The molecule has 0 aliphatic carbocycles. The van der Waals surface area contributed by atoms with E-state index >= 15 is 0 Å². The quantitative estimate of drug-likeness (QED) is 0.372. The topological polar surface area (TPSA) is 97.2 Å². The molecule has 31 heavy (non-hydrogen) atoms. The highest BCUT2D eigenvalue weighted by Crippen LogP contribution is 2.21. The van der Waals surface area contributed by atoms with Gasteiger partial charge in [-0.05, 0) is 56.3 Å². The summed E-state index contributed by atoms with van der Waals surface area (Å²) in [5.41, 5.74) is 7.97. The monoisotopic (exact) mass is 414 g/mol. The molecule has 156 valence electrons. The molecule has 0 saturated heterocycles. The van der Waals surface area contributed by atoms with Gasteiger partial charge in [-0.2, -0.15) is 15.3 Å². The largest absolute Gasteiger partial charge is 0.497 e. The summed E-state index contributed by atoms with van der Waals surface area (Å²) in [7, 11) is 1.61. The molecule has 0 spiro atoms. The van der Waals surface area contributed by atoms with Crippen molar-refractivity contribution in [2.45, 2.75) is 13.8 Å². The maximum absolute atomic E-state index is 12.4. The molecule has 8 heteroatoms. The number of hydrogen-bond acceptors (Lipinski definition) is 5. The van der Waals surface area contributed by atoms with Crippen LogP contribution in [0, 0.1) is 13.8 Å². The van der Waals surface area contributed by atoms with Crippen LogP contribution in [0.1, 0.15) is 27.4 Å². The molecule has 2 aromatic carbocycles. The number of amides is 1. The molecule has 0 aliphatic rings. The van der Waals surface area contributed by atoms with Crippen molar-refractivity contribution >= 4 is 12.1 Å². The number of hydrazone groups is 1. The van der Waals surface area contributed by atoms with Crippen LogP contribution >= 0.6 is 0 Å². The summed E-state index contributed by atoms with van der Waals surface area (Å²) in [4.78, 5) is 12.4. The number of nitrogens with zero attached hydrogens (tertiary/aromatic N) is 4. The van der Waals surface area contributed by atoms with Gasteiger partial charge in [0.1, 0.15) is 11.4 Å². The van der Waals surface area contributed by atoms with Crippen molar-refractivity contribution in [3.8, 4) is 22.7 Å². The van der Waals surface area contributed by atoms with Crippen LogP contribution in [-0.2, 0) is 0 Å². The number of rotatable bonds is 6. The highest BCUT2D eigenvalue weighted by molar-refractivity contribution is 5.94. The fraction of sp³-hybridized carbons (Fsp3) is 0.130. The Morgan fingerprint density at radius 1 is 1.13 bits per heavy atom. The molecule has 8 nitrogen and oxygen atoms in total. The summed E-state index contributed by atoms with van der Waals surface area (Å²) in [6.45, 7) is 3.87. The molecule has 0 aliphatic heterocycles. The van der Waals surface area contributed by atoms with Gasteiger partial charge < -0.3 is 4.74 Å². The number of methoxy groups -OCH3 is 1. The Balaban J connectivity index is 1.46. The first-order valence-corrected chi connectivity index (χ1v) is 9.71. The number of hydrogen-bond donors (Lipinski definition) is 2. The molecule has 1 amide bonds. The maximum atomic E-state index is 12.4. The Labute approximate surface area is 179 Å². The molecule has 0 bridgehead atoms. The van der Waals surface area contributed by atoms with Gasteiger partial charge in [0.15, 0.2) is 0 Å².